The number of nitrogens with one attached hydrogen (secondary N) is 1. The summed E-state index contributed by atoms with van der Waals surface area (Å²) in [7, 11) is -2.46. The molecule has 3 aromatic rings. The van der Waals surface area contributed by atoms with Gasteiger partial charge in [0.25, 0.3) is 15.9 Å². The van der Waals surface area contributed by atoms with Gasteiger partial charge in [-0.25, -0.2) is 13.8 Å². The third-order valence-electron chi connectivity index (χ3n) is 5.11. The van der Waals surface area contributed by atoms with Crippen LogP contribution >= 0.6 is 0 Å². The van der Waals surface area contributed by atoms with Crippen LogP contribution in [0.1, 0.15) is 23.6 Å². The Labute approximate surface area is 194 Å². The van der Waals surface area contributed by atoms with E-state index < -0.39 is 22.5 Å². The zero-order valence-electron chi connectivity index (χ0n) is 19.1. The minimum Gasteiger partial charge on any atom is -0.497 e. The number of carbonyl (C=O) groups excluding carboxylic acids is 1. The molecule has 0 unspecified atom stereocenters. The molecule has 0 aromatic heterocycles. The van der Waals surface area contributed by atoms with Crippen LogP contribution in [-0.4, -0.2) is 33.7 Å². The highest BCUT2D eigenvalue weighted by molar-refractivity contribution is 7.92. The van der Waals surface area contributed by atoms with E-state index >= 15 is 0 Å². The second-order valence-electron chi connectivity index (χ2n) is 7.57. The van der Waals surface area contributed by atoms with E-state index in [0.29, 0.717) is 17.1 Å². The van der Waals surface area contributed by atoms with Crippen LogP contribution in [0.15, 0.2) is 82.8 Å². The van der Waals surface area contributed by atoms with E-state index in [4.69, 9.17) is 4.74 Å². The van der Waals surface area contributed by atoms with Gasteiger partial charge in [-0.2, -0.15) is 5.10 Å². The summed E-state index contributed by atoms with van der Waals surface area (Å²) < 4.78 is 32.9. The van der Waals surface area contributed by atoms with Crippen molar-refractivity contribution < 1.29 is 17.9 Å². The normalized spacial score (nSPS) is 11.7. The monoisotopic (exact) mass is 465 g/mol. The van der Waals surface area contributed by atoms with Gasteiger partial charge in [-0.3, -0.25) is 9.10 Å². The quantitative estimate of drug-likeness (QED) is 0.402. The van der Waals surface area contributed by atoms with Crippen molar-refractivity contribution in [2.45, 2.75) is 25.7 Å². The zero-order chi connectivity index (χ0) is 24.0. The number of nitrogens with zero attached hydrogens (tertiary/aromatic N) is 2. The molecule has 0 spiro atoms. The summed E-state index contributed by atoms with van der Waals surface area (Å²) in [5.74, 6) is 0.0176. The van der Waals surface area contributed by atoms with Crippen molar-refractivity contribution in [2.24, 2.45) is 5.10 Å². The first kappa shape index (κ1) is 24.0. The third-order valence-corrected chi connectivity index (χ3v) is 6.90. The Hall–Kier alpha value is -3.65. The molecule has 0 saturated carbocycles. The molecule has 0 saturated heterocycles. The average Bonchev–Trinajstić information content (AvgIpc) is 2.83. The maximum Gasteiger partial charge on any atom is 0.264 e. The number of hydrogen-bond donors (Lipinski definition) is 1. The van der Waals surface area contributed by atoms with E-state index in [9.17, 15) is 13.2 Å². The van der Waals surface area contributed by atoms with Gasteiger partial charge in [-0.05, 0) is 68.8 Å². The van der Waals surface area contributed by atoms with Crippen LogP contribution < -0.4 is 14.5 Å². The minimum atomic E-state index is -3.99. The Morgan fingerprint density at radius 3 is 2.30 bits per heavy atom. The number of hydrazone groups is 1. The summed E-state index contributed by atoms with van der Waals surface area (Å²) in [6.45, 7) is 5.31. The number of sulfonamides is 1. The van der Waals surface area contributed by atoms with Crippen LogP contribution in [0.5, 0.6) is 5.75 Å². The summed E-state index contributed by atoms with van der Waals surface area (Å²) in [5, 5.41) is 4.20. The third kappa shape index (κ3) is 5.78. The van der Waals surface area contributed by atoms with Crippen molar-refractivity contribution in [3.63, 3.8) is 0 Å². The number of aryl methyl sites for hydroxylation is 2. The molecule has 7 nitrogen and oxygen atoms in total. The van der Waals surface area contributed by atoms with Crippen molar-refractivity contribution in [1.29, 1.82) is 0 Å². The van der Waals surface area contributed by atoms with Gasteiger partial charge in [-0.1, -0.05) is 35.9 Å². The zero-order valence-corrected chi connectivity index (χ0v) is 19.9. The maximum absolute atomic E-state index is 13.3. The first-order valence-electron chi connectivity index (χ1n) is 10.3. The number of carbonyl (C=O) groups is 1. The predicted octanol–water partition coefficient (Wildman–Crippen LogP) is 4.05. The van der Waals surface area contributed by atoms with Crippen LogP contribution in [-0.2, 0) is 14.8 Å². The lowest BCUT2D eigenvalue weighted by molar-refractivity contribution is -0.119. The second kappa shape index (κ2) is 10.3. The molecule has 1 N–H and O–H groups in total. The number of benzene rings is 3. The highest BCUT2D eigenvalue weighted by Crippen LogP contribution is 2.25. The molecule has 0 radical (unpaired) electrons. The second-order valence-corrected chi connectivity index (χ2v) is 9.44. The molecule has 0 heterocycles. The number of methoxy groups -OCH3 is 1. The molecule has 0 aliphatic carbocycles. The van der Waals surface area contributed by atoms with Crippen molar-refractivity contribution in [3.8, 4) is 5.75 Å². The minimum absolute atomic E-state index is 0.0867. The highest BCUT2D eigenvalue weighted by Gasteiger charge is 2.27. The molecule has 0 aliphatic rings. The topological polar surface area (TPSA) is 88.1 Å². The fourth-order valence-electron chi connectivity index (χ4n) is 3.28. The van der Waals surface area contributed by atoms with Gasteiger partial charge < -0.3 is 4.74 Å². The summed E-state index contributed by atoms with van der Waals surface area (Å²) >= 11 is 0. The maximum atomic E-state index is 13.3. The van der Waals surface area contributed by atoms with Crippen LogP contribution in [0, 0.1) is 13.8 Å². The van der Waals surface area contributed by atoms with E-state index in [-0.39, 0.29) is 4.90 Å². The van der Waals surface area contributed by atoms with Gasteiger partial charge in [-0.15, -0.1) is 0 Å². The van der Waals surface area contributed by atoms with E-state index in [0.717, 1.165) is 21.0 Å². The first-order chi connectivity index (χ1) is 15.7. The number of amides is 1. The molecular formula is C25H27N3O4S. The van der Waals surface area contributed by atoms with Crippen molar-refractivity contribution in [2.75, 3.05) is 18.0 Å². The van der Waals surface area contributed by atoms with Crippen LogP contribution in [0.2, 0.25) is 0 Å². The molecular weight excluding hydrogens is 438 g/mol. The van der Waals surface area contributed by atoms with Crippen molar-refractivity contribution in [1.82, 2.24) is 5.43 Å². The largest absolute Gasteiger partial charge is 0.497 e. The summed E-state index contributed by atoms with van der Waals surface area (Å²) in [5.41, 5.74) is 6.49. The van der Waals surface area contributed by atoms with E-state index in [1.54, 1.807) is 49.4 Å². The number of rotatable bonds is 8. The standard InChI is InChI=1S/C25H27N3O4S/c1-18-10-11-19(2)24(16-18)20(3)26-27-25(29)17-28(21-12-14-22(32-4)15-13-21)33(30,31)23-8-6-5-7-9-23/h5-16H,17H2,1-4H3,(H,27,29)/b26-20+. The molecule has 33 heavy (non-hydrogen) atoms. The Kier molecular flexibility index (Phi) is 7.50. The lowest BCUT2D eigenvalue weighted by Crippen LogP contribution is -2.39. The van der Waals surface area contributed by atoms with Crippen LogP contribution in [0.4, 0.5) is 5.69 Å². The molecule has 172 valence electrons. The van der Waals surface area contributed by atoms with Crippen molar-refractivity contribution in [3.05, 3.63) is 89.5 Å². The average molecular weight is 466 g/mol. The Balaban J connectivity index is 1.88. The van der Waals surface area contributed by atoms with E-state index in [1.807, 2.05) is 32.0 Å². The van der Waals surface area contributed by atoms with Gasteiger partial charge in [0, 0.05) is 5.56 Å². The molecule has 0 atom stereocenters. The highest BCUT2D eigenvalue weighted by atomic mass is 32.2. The van der Waals surface area contributed by atoms with Crippen LogP contribution in [0.25, 0.3) is 0 Å². The lowest BCUT2D eigenvalue weighted by atomic mass is 10.0. The molecule has 3 aromatic carbocycles. The Morgan fingerprint density at radius 1 is 1.00 bits per heavy atom. The fourth-order valence-corrected chi connectivity index (χ4v) is 4.72. The van der Waals surface area contributed by atoms with Gasteiger partial charge in [0.1, 0.15) is 12.3 Å². The summed E-state index contributed by atoms with van der Waals surface area (Å²) in [6, 6.07) is 20.4. The molecule has 0 fully saturated rings. The number of anilines is 1. The molecule has 0 aliphatic heterocycles. The fraction of sp³-hybridized carbons (Fsp3) is 0.200. The lowest BCUT2D eigenvalue weighted by Gasteiger charge is -2.24. The van der Waals surface area contributed by atoms with Crippen molar-refractivity contribution >= 4 is 27.3 Å². The summed E-state index contributed by atoms with van der Waals surface area (Å²) in [4.78, 5) is 12.9. The number of ether oxygens (including phenoxy) is 1. The molecule has 8 heteroatoms. The molecule has 1 amide bonds. The smallest absolute Gasteiger partial charge is 0.264 e. The van der Waals surface area contributed by atoms with Crippen LogP contribution in [0.3, 0.4) is 0 Å². The van der Waals surface area contributed by atoms with Gasteiger partial charge in [0.2, 0.25) is 0 Å². The molecule has 0 bridgehead atoms. The van der Waals surface area contributed by atoms with Gasteiger partial charge >= 0.3 is 0 Å². The van der Waals surface area contributed by atoms with E-state index in [1.165, 1.54) is 19.2 Å². The first-order valence-corrected chi connectivity index (χ1v) is 11.8. The molecule has 3 rings (SSSR count). The number of hydrogen-bond acceptors (Lipinski definition) is 5. The van der Waals surface area contributed by atoms with Gasteiger partial charge in [0.05, 0.1) is 23.4 Å². The predicted molar refractivity (Wildman–Crippen MR) is 130 cm³/mol. The van der Waals surface area contributed by atoms with Gasteiger partial charge in [0.15, 0.2) is 0 Å². The Bertz CT molecular complexity index is 1250. The SMILES string of the molecule is COc1ccc(N(CC(=O)N/N=C(\C)c2cc(C)ccc2C)S(=O)(=O)c2ccccc2)cc1. The summed E-state index contributed by atoms with van der Waals surface area (Å²) in [6.07, 6.45) is 0. The van der Waals surface area contributed by atoms with E-state index in [2.05, 4.69) is 10.5 Å². The Morgan fingerprint density at radius 2 is 1.67 bits per heavy atom.